The Morgan fingerprint density at radius 2 is 1.89 bits per heavy atom. The Labute approximate surface area is 107 Å². The lowest BCUT2D eigenvalue weighted by molar-refractivity contribution is 0.547. The lowest BCUT2D eigenvalue weighted by Crippen LogP contribution is -2.23. The monoisotopic (exact) mass is 245 g/mol. The highest BCUT2D eigenvalue weighted by Crippen LogP contribution is 2.28. The van der Waals surface area contributed by atoms with Crippen LogP contribution in [0.1, 0.15) is 39.4 Å². The number of imidazole rings is 1. The third-order valence-electron chi connectivity index (χ3n) is 3.34. The number of nitrogens with one attached hydrogen (secondary N) is 1. The fourth-order valence-electron chi connectivity index (χ4n) is 2.31. The van der Waals surface area contributed by atoms with Gasteiger partial charge in [0.2, 0.25) is 0 Å². The highest BCUT2D eigenvalue weighted by Gasteiger charge is 2.24. The van der Waals surface area contributed by atoms with Crippen LogP contribution in [0.15, 0.2) is 6.33 Å². The van der Waals surface area contributed by atoms with Crippen molar-refractivity contribution < 1.29 is 0 Å². The first-order chi connectivity index (χ1) is 8.55. The number of aromatic nitrogens is 4. The van der Waals surface area contributed by atoms with Gasteiger partial charge in [-0.3, -0.25) is 0 Å². The fraction of sp³-hybridized carbons (Fsp3) is 0.615. The van der Waals surface area contributed by atoms with Crippen LogP contribution in [0.3, 0.4) is 0 Å². The Morgan fingerprint density at radius 3 is 2.56 bits per heavy atom. The van der Waals surface area contributed by atoms with E-state index in [4.69, 9.17) is 4.98 Å². The average molecular weight is 245 g/mol. The van der Waals surface area contributed by atoms with Crippen molar-refractivity contribution in [3.63, 3.8) is 0 Å². The Morgan fingerprint density at radius 1 is 1.17 bits per heavy atom. The van der Waals surface area contributed by atoms with Crippen molar-refractivity contribution >= 4 is 17.0 Å². The number of fused-ring (bicyclic) bond motifs is 1. The molecule has 96 valence electrons. The molecule has 5 nitrogen and oxygen atoms in total. The molecule has 1 aliphatic rings. The summed E-state index contributed by atoms with van der Waals surface area (Å²) in [4.78, 5) is 19.1. The van der Waals surface area contributed by atoms with Crippen molar-refractivity contribution in [1.82, 2.24) is 19.9 Å². The van der Waals surface area contributed by atoms with Crippen molar-refractivity contribution in [2.24, 2.45) is 0 Å². The van der Waals surface area contributed by atoms with E-state index in [0.29, 0.717) is 0 Å². The van der Waals surface area contributed by atoms with Crippen LogP contribution in [0, 0.1) is 0 Å². The lowest BCUT2D eigenvalue weighted by atomic mass is 9.96. The number of anilines is 1. The van der Waals surface area contributed by atoms with Crippen LogP contribution in [-0.2, 0) is 5.41 Å². The zero-order chi connectivity index (χ0) is 12.8. The minimum atomic E-state index is -0.0540. The molecule has 18 heavy (non-hydrogen) atoms. The molecule has 3 heterocycles. The zero-order valence-electron chi connectivity index (χ0n) is 11.2. The van der Waals surface area contributed by atoms with Crippen LogP contribution >= 0.6 is 0 Å². The van der Waals surface area contributed by atoms with Gasteiger partial charge in [0.05, 0.1) is 6.33 Å². The molecule has 2 aromatic heterocycles. The SMILES string of the molecule is CC(C)(C)c1nc(N2CCCC2)c2[nH]cnc2n1. The van der Waals surface area contributed by atoms with Crippen molar-refractivity contribution in [2.75, 3.05) is 18.0 Å². The van der Waals surface area contributed by atoms with Crippen LogP contribution < -0.4 is 4.90 Å². The van der Waals surface area contributed by atoms with Crippen molar-refractivity contribution in [3.05, 3.63) is 12.2 Å². The number of H-pyrrole nitrogens is 1. The Kier molecular flexibility index (Phi) is 2.50. The number of nitrogens with zero attached hydrogens (tertiary/aromatic N) is 4. The quantitative estimate of drug-likeness (QED) is 0.837. The minimum Gasteiger partial charge on any atom is -0.355 e. The van der Waals surface area contributed by atoms with Crippen LogP contribution in [-0.4, -0.2) is 33.0 Å². The summed E-state index contributed by atoms with van der Waals surface area (Å²) in [5, 5.41) is 0. The summed E-state index contributed by atoms with van der Waals surface area (Å²) in [6, 6.07) is 0. The topological polar surface area (TPSA) is 57.7 Å². The van der Waals surface area contributed by atoms with Crippen LogP contribution in [0.2, 0.25) is 0 Å². The predicted molar refractivity (Wildman–Crippen MR) is 71.8 cm³/mol. The first-order valence-corrected chi connectivity index (χ1v) is 6.52. The summed E-state index contributed by atoms with van der Waals surface area (Å²) in [6.07, 6.45) is 4.18. The Hall–Kier alpha value is -1.65. The molecule has 0 aromatic carbocycles. The molecule has 0 spiro atoms. The molecule has 5 heteroatoms. The maximum Gasteiger partial charge on any atom is 0.183 e. The van der Waals surface area contributed by atoms with Crippen LogP contribution in [0.5, 0.6) is 0 Å². The minimum absolute atomic E-state index is 0.0540. The highest BCUT2D eigenvalue weighted by atomic mass is 15.2. The van der Waals surface area contributed by atoms with E-state index in [1.54, 1.807) is 6.33 Å². The molecule has 1 aliphatic heterocycles. The Balaban J connectivity index is 2.17. The zero-order valence-corrected chi connectivity index (χ0v) is 11.2. The van der Waals surface area contributed by atoms with E-state index in [-0.39, 0.29) is 5.41 Å². The molecule has 0 bridgehead atoms. The molecule has 0 atom stereocenters. The number of rotatable bonds is 1. The van der Waals surface area contributed by atoms with E-state index < -0.39 is 0 Å². The van der Waals surface area contributed by atoms with Gasteiger partial charge in [-0.1, -0.05) is 20.8 Å². The third-order valence-corrected chi connectivity index (χ3v) is 3.34. The van der Waals surface area contributed by atoms with E-state index >= 15 is 0 Å². The van der Waals surface area contributed by atoms with Crippen molar-refractivity contribution in [2.45, 2.75) is 39.0 Å². The van der Waals surface area contributed by atoms with Gasteiger partial charge in [-0.05, 0) is 12.8 Å². The molecule has 0 unspecified atom stereocenters. The van der Waals surface area contributed by atoms with Gasteiger partial charge >= 0.3 is 0 Å². The van der Waals surface area contributed by atoms with E-state index in [2.05, 4.69) is 40.6 Å². The van der Waals surface area contributed by atoms with E-state index in [1.165, 1.54) is 12.8 Å². The molecule has 1 fully saturated rings. The predicted octanol–water partition coefficient (Wildman–Crippen LogP) is 2.25. The second-order valence-corrected chi connectivity index (χ2v) is 5.92. The third kappa shape index (κ3) is 1.83. The summed E-state index contributed by atoms with van der Waals surface area (Å²) < 4.78 is 0. The van der Waals surface area contributed by atoms with Gasteiger partial charge in [0.25, 0.3) is 0 Å². The molecule has 3 rings (SSSR count). The first kappa shape index (κ1) is 11.4. The Bertz CT molecular complexity index is 560. The number of aromatic amines is 1. The molecule has 0 radical (unpaired) electrons. The standard InChI is InChI=1S/C13H19N5/c1-13(2,3)12-16-10-9(14-8-15-10)11(17-12)18-6-4-5-7-18/h8H,4-7H2,1-3H3,(H,14,15,16,17). The second kappa shape index (κ2) is 3.93. The largest absolute Gasteiger partial charge is 0.355 e. The fourth-order valence-corrected chi connectivity index (χ4v) is 2.31. The molecule has 1 saturated heterocycles. The van der Waals surface area contributed by atoms with E-state index in [0.717, 1.165) is 35.9 Å². The van der Waals surface area contributed by atoms with Crippen molar-refractivity contribution in [1.29, 1.82) is 0 Å². The van der Waals surface area contributed by atoms with E-state index in [9.17, 15) is 0 Å². The number of hydrogen-bond acceptors (Lipinski definition) is 4. The van der Waals surface area contributed by atoms with Gasteiger partial charge < -0.3 is 9.88 Å². The molecule has 2 aromatic rings. The van der Waals surface area contributed by atoms with Gasteiger partial charge in [0.1, 0.15) is 11.3 Å². The van der Waals surface area contributed by atoms with Gasteiger partial charge in [0.15, 0.2) is 11.5 Å². The van der Waals surface area contributed by atoms with E-state index in [1.807, 2.05) is 0 Å². The molecule has 1 N–H and O–H groups in total. The first-order valence-electron chi connectivity index (χ1n) is 6.52. The lowest BCUT2D eigenvalue weighted by Gasteiger charge is -2.21. The van der Waals surface area contributed by atoms with Crippen LogP contribution in [0.4, 0.5) is 5.82 Å². The summed E-state index contributed by atoms with van der Waals surface area (Å²) in [5.74, 6) is 1.88. The maximum atomic E-state index is 4.77. The summed E-state index contributed by atoms with van der Waals surface area (Å²) in [7, 11) is 0. The molecular weight excluding hydrogens is 226 g/mol. The molecule has 0 aliphatic carbocycles. The van der Waals surface area contributed by atoms with Gasteiger partial charge in [-0.2, -0.15) is 0 Å². The van der Waals surface area contributed by atoms with Gasteiger partial charge in [-0.25, -0.2) is 15.0 Å². The van der Waals surface area contributed by atoms with Gasteiger partial charge in [-0.15, -0.1) is 0 Å². The van der Waals surface area contributed by atoms with Gasteiger partial charge in [0, 0.05) is 18.5 Å². The molecular formula is C13H19N5. The summed E-state index contributed by atoms with van der Waals surface area (Å²) in [5.41, 5.74) is 1.68. The summed E-state index contributed by atoms with van der Waals surface area (Å²) >= 11 is 0. The van der Waals surface area contributed by atoms with Crippen molar-refractivity contribution in [3.8, 4) is 0 Å². The second-order valence-electron chi connectivity index (χ2n) is 5.92. The maximum absolute atomic E-state index is 4.77. The molecule has 0 amide bonds. The highest BCUT2D eigenvalue weighted by molar-refractivity contribution is 5.83. The summed E-state index contributed by atoms with van der Waals surface area (Å²) in [6.45, 7) is 8.56. The van der Waals surface area contributed by atoms with Crippen LogP contribution in [0.25, 0.3) is 11.2 Å². The molecule has 0 saturated carbocycles. The average Bonchev–Trinajstić information content (AvgIpc) is 2.97. The smallest absolute Gasteiger partial charge is 0.183 e. The normalized spacial score (nSPS) is 16.7. The number of hydrogen-bond donors (Lipinski definition) is 1.